The summed E-state index contributed by atoms with van der Waals surface area (Å²) in [5.74, 6) is 6.71. The predicted octanol–water partition coefficient (Wildman–Crippen LogP) is 7.29. The summed E-state index contributed by atoms with van der Waals surface area (Å²) in [4.78, 5) is 0. The van der Waals surface area contributed by atoms with Gasteiger partial charge in [0.1, 0.15) is 0 Å². The molecule has 0 aliphatic rings. The number of hydrogen-bond acceptors (Lipinski definition) is 0. The molecule has 0 aliphatic carbocycles. The zero-order valence-electron chi connectivity index (χ0n) is 17.7. The number of hydrogen-bond donors (Lipinski definition) is 0. The molecule has 5 aromatic rings. The fraction of sp³-hybridized carbons (Fsp3) is 0.0323. The molecule has 1 heteroatoms. The number of rotatable bonds is 4. The zero-order valence-corrected chi connectivity index (χ0v) is 19.4. The molecule has 5 rings (SSSR count). The number of allylic oxidation sites excluding steroid dienone is 1. The zero-order chi connectivity index (χ0) is 21.6. The third-order valence-electron chi connectivity index (χ3n) is 5.44. The van der Waals surface area contributed by atoms with E-state index in [9.17, 15) is 0 Å². The first kappa shape index (κ1) is 20.3. The molecular weight excluding hydrogens is 451 g/mol. The molecule has 0 aromatic heterocycles. The van der Waals surface area contributed by atoms with Crippen molar-refractivity contribution in [2.45, 2.75) is 5.32 Å². The van der Waals surface area contributed by atoms with E-state index in [0.29, 0.717) is 15.0 Å². The van der Waals surface area contributed by atoms with Gasteiger partial charge in [-0.1, -0.05) is 0 Å². The van der Waals surface area contributed by atoms with Gasteiger partial charge in [0.15, 0.2) is 0 Å². The van der Waals surface area contributed by atoms with Gasteiger partial charge in [-0.2, -0.15) is 0 Å². The first-order chi connectivity index (χ1) is 15.8. The maximum absolute atomic E-state index is 3.36. The summed E-state index contributed by atoms with van der Waals surface area (Å²) in [5, 5.41) is 6.08. The molecule has 0 spiro atoms. The Kier molecular flexibility index (Phi) is 6.18. The Morgan fingerprint density at radius 2 is 1.25 bits per heavy atom. The molecule has 32 heavy (non-hydrogen) atoms. The average molecular weight is 473 g/mol. The van der Waals surface area contributed by atoms with Gasteiger partial charge < -0.3 is 0 Å². The quantitative estimate of drug-likeness (QED) is 0.190. The monoisotopic (exact) mass is 474 g/mol. The van der Waals surface area contributed by atoms with Crippen LogP contribution >= 0.6 is 0 Å². The van der Waals surface area contributed by atoms with Gasteiger partial charge in [-0.15, -0.1) is 0 Å². The minimum absolute atomic E-state index is 0.294. The topological polar surface area (TPSA) is 0 Å². The summed E-state index contributed by atoms with van der Waals surface area (Å²) in [7, 11) is 0. The van der Waals surface area contributed by atoms with Crippen LogP contribution < -0.4 is 0 Å². The van der Waals surface area contributed by atoms with E-state index in [1.165, 1.54) is 37.1 Å². The molecular formula is C31H22Se. The Bertz CT molecular complexity index is 1470. The van der Waals surface area contributed by atoms with Crippen molar-refractivity contribution in [3.63, 3.8) is 0 Å². The summed E-state index contributed by atoms with van der Waals surface area (Å²) in [5.41, 5.74) is 3.70. The number of benzene rings is 5. The Labute approximate surface area is 195 Å². The van der Waals surface area contributed by atoms with Crippen molar-refractivity contribution in [2.75, 3.05) is 0 Å². The van der Waals surface area contributed by atoms with Crippen LogP contribution in [0.3, 0.4) is 0 Å². The fourth-order valence-corrected chi connectivity index (χ4v) is 5.73. The van der Waals surface area contributed by atoms with Crippen molar-refractivity contribution in [2.24, 2.45) is 0 Å². The molecule has 0 unspecified atom stereocenters. The van der Waals surface area contributed by atoms with Crippen LogP contribution in [-0.4, -0.2) is 15.0 Å². The molecule has 0 atom stereocenters. The predicted molar refractivity (Wildman–Crippen MR) is 139 cm³/mol. The molecule has 0 bridgehead atoms. The van der Waals surface area contributed by atoms with Crippen LogP contribution in [0.2, 0.25) is 0 Å². The van der Waals surface area contributed by atoms with E-state index >= 15 is 0 Å². The Balaban J connectivity index is 1.47. The Hall–Kier alpha value is -3.56. The van der Waals surface area contributed by atoms with Crippen molar-refractivity contribution < 1.29 is 0 Å². The molecule has 0 N–H and O–H groups in total. The molecule has 152 valence electrons. The molecule has 5 aromatic carbocycles. The van der Waals surface area contributed by atoms with Crippen molar-refractivity contribution in [3.05, 3.63) is 138 Å². The minimum atomic E-state index is 0.294. The van der Waals surface area contributed by atoms with Crippen LogP contribution in [-0.2, 0) is 5.32 Å². The standard InChI is InChI=1S/C31H22Se/c1-2-9-25(10-3-1)23-32-31(30-20-19-27-13-5-7-15-29(27)22-30)16-8-11-24-17-18-26-12-4-6-14-28(26)21-24/h1-7,9-10,12-22H,23H2/b31-16-. The van der Waals surface area contributed by atoms with E-state index in [1.807, 2.05) is 0 Å². The SMILES string of the molecule is C(#Cc1ccc2ccccc2c1)/C=C(\[Se]Cc1ccccc1)c1ccc2ccccc2c1. The first-order valence-corrected chi connectivity index (χ1v) is 12.8. The summed E-state index contributed by atoms with van der Waals surface area (Å²) < 4.78 is 1.33. The Morgan fingerprint density at radius 3 is 2.00 bits per heavy atom. The van der Waals surface area contributed by atoms with E-state index < -0.39 is 0 Å². The van der Waals surface area contributed by atoms with Gasteiger partial charge in [0.2, 0.25) is 0 Å². The van der Waals surface area contributed by atoms with Gasteiger partial charge in [0.05, 0.1) is 0 Å². The van der Waals surface area contributed by atoms with E-state index in [4.69, 9.17) is 0 Å². The molecule has 0 nitrogen and oxygen atoms in total. The van der Waals surface area contributed by atoms with Crippen molar-refractivity contribution in [1.82, 2.24) is 0 Å². The summed E-state index contributed by atoms with van der Waals surface area (Å²) in [6.45, 7) is 0. The van der Waals surface area contributed by atoms with Crippen molar-refractivity contribution in [1.29, 1.82) is 0 Å². The van der Waals surface area contributed by atoms with Crippen LogP contribution in [0.15, 0.2) is 121 Å². The molecule has 0 saturated heterocycles. The van der Waals surface area contributed by atoms with Crippen molar-refractivity contribution >= 4 is 41.0 Å². The second kappa shape index (κ2) is 9.71. The average Bonchev–Trinajstić information content (AvgIpc) is 2.86. The third kappa shape index (κ3) is 4.84. The van der Waals surface area contributed by atoms with E-state index in [1.54, 1.807) is 0 Å². The molecule has 0 radical (unpaired) electrons. The molecule has 0 amide bonds. The van der Waals surface area contributed by atoms with Crippen molar-refractivity contribution in [3.8, 4) is 11.8 Å². The second-order valence-electron chi connectivity index (χ2n) is 7.68. The second-order valence-corrected chi connectivity index (χ2v) is 9.81. The first-order valence-electron chi connectivity index (χ1n) is 10.7. The Morgan fingerprint density at radius 1 is 0.625 bits per heavy atom. The van der Waals surface area contributed by atoms with Gasteiger partial charge in [-0.3, -0.25) is 0 Å². The maximum atomic E-state index is 3.36. The molecule has 0 heterocycles. The van der Waals surface area contributed by atoms with Crippen LogP contribution in [0.5, 0.6) is 0 Å². The third-order valence-corrected chi connectivity index (χ3v) is 7.84. The molecule has 0 aliphatic heterocycles. The van der Waals surface area contributed by atoms with E-state index in [2.05, 4.69) is 133 Å². The summed E-state index contributed by atoms with van der Waals surface area (Å²) in [6.07, 6.45) is 2.13. The fourth-order valence-electron chi connectivity index (χ4n) is 3.74. The normalized spacial score (nSPS) is 11.3. The van der Waals surface area contributed by atoms with Crippen LogP contribution in [0, 0.1) is 11.8 Å². The van der Waals surface area contributed by atoms with Crippen LogP contribution in [0.25, 0.3) is 26.0 Å². The van der Waals surface area contributed by atoms with Gasteiger partial charge in [0.25, 0.3) is 0 Å². The van der Waals surface area contributed by atoms with Gasteiger partial charge in [0, 0.05) is 0 Å². The van der Waals surface area contributed by atoms with Gasteiger partial charge in [-0.25, -0.2) is 0 Å². The summed E-state index contributed by atoms with van der Waals surface area (Å²) >= 11 is 0.294. The van der Waals surface area contributed by atoms with Gasteiger partial charge in [-0.05, 0) is 0 Å². The van der Waals surface area contributed by atoms with E-state index in [-0.39, 0.29) is 0 Å². The summed E-state index contributed by atoms with van der Waals surface area (Å²) in [6, 6.07) is 40.8. The molecule has 0 fully saturated rings. The van der Waals surface area contributed by atoms with Crippen LogP contribution in [0.1, 0.15) is 16.7 Å². The van der Waals surface area contributed by atoms with Crippen LogP contribution in [0.4, 0.5) is 0 Å². The molecule has 0 saturated carbocycles. The van der Waals surface area contributed by atoms with E-state index in [0.717, 1.165) is 10.9 Å². The van der Waals surface area contributed by atoms with Gasteiger partial charge >= 0.3 is 196 Å². The number of fused-ring (bicyclic) bond motifs is 2.